The Morgan fingerprint density at radius 2 is 2.27 bits per heavy atom. The molecule has 1 aromatic rings. The van der Waals surface area contributed by atoms with E-state index in [-0.39, 0.29) is 6.61 Å². The maximum atomic E-state index is 10.3. The van der Waals surface area contributed by atoms with E-state index in [9.17, 15) is 4.79 Å². The number of aliphatic carboxylic acids is 1. The van der Waals surface area contributed by atoms with Gasteiger partial charge in [0.15, 0.2) is 6.61 Å². The molecular formula is C12H16O3. The summed E-state index contributed by atoms with van der Waals surface area (Å²) < 4.78 is 5.10. The summed E-state index contributed by atoms with van der Waals surface area (Å²) in [6.07, 6.45) is 1.06. The lowest BCUT2D eigenvalue weighted by Gasteiger charge is -2.10. The third kappa shape index (κ3) is 3.62. The second-order valence-corrected chi connectivity index (χ2v) is 3.56. The molecule has 0 saturated heterocycles. The first-order chi connectivity index (χ1) is 7.13. The third-order valence-electron chi connectivity index (χ3n) is 2.40. The molecule has 1 N–H and O–H groups in total. The van der Waals surface area contributed by atoms with Crippen LogP contribution in [0, 0.1) is 0 Å². The molecule has 1 atom stereocenters. The van der Waals surface area contributed by atoms with Crippen molar-refractivity contribution in [1.82, 2.24) is 0 Å². The summed E-state index contributed by atoms with van der Waals surface area (Å²) in [5, 5.41) is 8.47. The van der Waals surface area contributed by atoms with Crippen LogP contribution in [0.1, 0.15) is 31.7 Å². The van der Waals surface area contributed by atoms with Crippen molar-refractivity contribution in [2.75, 3.05) is 6.61 Å². The molecule has 1 unspecified atom stereocenters. The van der Waals surface area contributed by atoms with Crippen molar-refractivity contribution in [3.8, 4) is 5.75 Å². The first-order valence-corrected chi connectivity index (χ1v) is 5.08. The summed E-state index contributed by atoms with van der Waals surface area (Å²) in [4.78, 5) is 10.3. The van der Waals surface area contributed by atoms with Gasteiger partial charge in [0.05, 0.1) is 0 Å². The van der Waals surface area contributed by atoms with Gasteiger partial charge in [0.25, 0.3) is 0 Å². The summed E-state index contributed by atoms with van der Waals surface area (Å²) in [7, 11) is 0. The van der Waals surface area contributed by atoms with Crippen LogP contribution in [0.5, 0.6) is 5.75 Å². The maximum absolute atomic E-state index is 10.3. The fourth-order valence-corrected chi connectivity index (χ4v) is 1.29. The smallest absolute Gasteiger partial charge is 0.341 e. The SMILES string of the molecule is CCC(C)c1cccc(OCC(=O)O)c1. The molecule has 1 aromatic carbocycles. The van der Waals surface area contributed by atoms with Crippen LogP contribution in [0.25, 0.3) is 0 Å². The zero-order valence-electron chi connectivity index (χ0n) is 9.06. The lowest BCUT2D eigenvalue weighted by Crippen LogP contribution is -2.09. The van der Waals surface area contributed by atoms with E-state index in [2.05, 4.69) is 13.8 Å². The number of ether oxygens (including phenoxy) is 1. The molecule has 3 nitrogen and oxygen atoms in total. The van der Waals surface area contributed by atoms with Gasteiger partial charge in [-0.3, -0.25) is 0 Å². The molecule has 0 aliphatic rings. The van der Waals surface area contributed by atoms with E-state index in [1.165, 1.54) is 5.56 Å². The number of carbonyl (C=O) groups is 1. The monoisotopic (exact) mass is 208 g/mol. The van der Waals surface area contributed by atoms with Crippen molar-refractivity contribution in [3.05, 3.63) is 29.8 Å². The predicted molar refractivity (Wildman–Crippen MR) is 58.3 cm³/mol. The minimum Gasteiger partial charge on any atom is -0.482 e. The fourth-order valence-electron chi connectivity index (χ4n) is 1.29. The number of rotatable bonds is 5. The molecule has 0 aliphatic carbocycles. The first-order valence-electron chi connectivity index (χ1n) is 5.08. The highest BCUT2D eigenvalue weighted by Crippen LogP contribution is 2.22. The molecule has 0 aromatic heterocycles. The van der Waals surface area contributed by atoms with Gasteiger partial charge in [0.1, 0.15) is 5.75 Å². The van der Waals surface area contributed by atoms with Crippen molar-refractivity contribution in [3.63, 3.8) is 0 Å². The van der Waals surface area contributed by atoms with Crippen molar-refractivity contribution < 1.29 is 14.6 Å². The van der Waals surface area contributed by atoms with E-state index < -0.39 is 5.97 Å². The lowest BCUT2D eigenvalue weighted by atomic mass is 9.99. The summed E-state index contributed by atoms with van der Waals surface area (Å²) in [6, 6.07) is 7.59. The molecule has 3 heteroatoms. The van der Waals surface area contributed by atoms with Crippen LogP contribution in [0.4, 0.5) is 0 Å². The van der Waals surface area contributed by atoms with Crippen LogP contribution in [-0.4, -0.2) is 17.7 Å². The molecule has 0 bridgehead atoms. The number of carboxylic acid groups (broad SMARTS) is 1. The topological polar surface area (TPSA) is 46.5 Å². The van der Waals surface area contributed by atoms with Gasteiger partial charge in [-0.2, -0.15) is 0 Å². The van der Waals surface area contributed by atoms with Gasteiger partial charge in [0, 0.05) is 0 Å². The molecule has 15 heavy (non-hydrogen) atoms. The maximum Gasteiger partial charge on any atom is 0.341 e. The van der Waals surface area contributed by atoms with Crippen LogP contribution in [0.3, 0.4) is 0 Å². The number of carboxylic acids is 1. The molecule has 0 aliphatic heterocycles. The predicted octanol–water partition coefficient (Wildman–Crippen LogP) is 2.66. The Morgan fingerprint density at radius 3 is 2.87 bits per heavy atom. The van der Waals surface area contributed by atoms with Crippen molar-refractivity contribution in [1.29, 1.82) is 0 Å². The van der Waals surface area contributed by atoms with E-state index in [0.29, 0.717) is 11.7 Å². The third-order valence-corrected chi connectivity index (χ3v) is 2.40. The van der Waals surface area contributed by atoms with Gasteiger partial charge >= 0.3 is 5.97 Å². The number of hydrogen-bond donors (Lipinski definition) is 1. The highest BCUT2D eigenvalue weighted by atomic mass is 16.5. The minimum atomic E-state index is -0.955. The van der Waals surface area contributed by atoms with Gasteiger partial charge in [-0.1, -0.05) is 26.0 Å². The largest absolute Gasteiger partial charge is 0.482 e. The lowest BCUT2D eigenvalue weighted by molar-refractivity contribution is -0.139. The van der Waals surface area contributed by atoms with Crippen LogP contribution in [0.2, 0.25) is 0 Å². The average Bonchev–Trinajstić information content (AvgIpc) is 2.25. The standard InChI is InChI=1S/C12H16O3/c1-3-9(2)10-5-4-6-11(7-10)15-8-12(13)14/h4-7,9H,3,8H2,1-2H3,(H,13,14). The summed E-state index contributed by atoms with van der Waals surface area (Å²) in [5.41, 5.74) is 1.18. The second kappa shape index (κ2) is 5.39. The van der Waals surface area contributed by atoms with Gasteiger partial charge in [-0.05, 0) is 30.0 Å². The molecular weight excluding hydrogens is 192 g/mol. The van der Waals surface area contributed by atoms with Gasteiger partial charge in [-0.15, -0.1) is 0 Å². The molecule has 0 fully saturated rings. The quantitative estimate of drug-likeness (QED) is 0.809. The summed E-state index contributed by atoms with van der Waals surface area (Å²) in [6.45, 7) is 3.97. The Labute approximate surface area is 89.7 Å². The average molecular weight is 208 g/mol. The number of benzene rings is 1. The van der Waals surface area contributed by atoms with E-state index in [0.717, 1.165) is 6.42 Å². The molecule has 82 valence electrons. The minimum absolute atomic E-state index is 0.288. The van der Waals surface area contributed by atoms with Crippen molar-refractivity contribution >= 4 is 5.97 Å². The Bertz CT molecular complexity index is 333. The summed E-state index contributed by atoms with van der Waals surface area (Å²) >= 11 is 0. The van der Waals surface area contributed by atoms with Gasteiger partial charge in [-0.25, -0.2) is 4.79 Å². The Hall–Kier alpha value is -1.51. The van der Waals surface area contributed by atoms with Gasteiger partial charge < -0.3 is 9.84 Å². The summed E-state index contributed by atoms with van der Waals surface area (Å²) in [5.74, 6) is 0.137. The zero-order chi connectivity index (χ0) is 11.3. The molecule has 0 spiro atoms. The van der Waals surface area contributed by atoms with E-state index in [1.54, 1.807) is 6.07 Å². The first kappa shape index (κ1) is 11.6. The van der Waals surface area contributed by atoms with Gasteiger partial charge in [0.2, 0.25) is 0 Å². The van der Waals surface area contributed by atoms with Crippen LogP contribution >= 0.6 is 0 Å². The Kier molecular flexibility index (Phi) is 4.16. The zero-order valence-corrected chi connectivity index (χ0v) is 9.06. The number of hydrogen-bond acceptors (Lipinski definition) is 2. The van der Waals surface area contributed by atoms with Crippen LogP contribution < -0.4 is 4.74 Å². The fraction of sp³-hybridized carbons (Fsp3) is 0.417. The normalized spacial score (nSPS) is 12.1. The molecule has 0 saturated carbocycles. The Morgan fingerprint density at radius 1 is 1.53 bits per heavy atom. The van der Waals surface area contributed by atoms with Crippen LogP contribution in [0.15, 0.2) is 24.3 Å². The van der Waals surface area contributed by atoms with E-state index in [4.69, 9.17) is 9.84 Å². The highest BCUT2D eigenvalue weighted by molar-refractivity contribution is 5.68. The highest BCUT2D eigenvalue weighted by Gasteiger charge is 2.04. The second-order valence-electron chi connectivity index (χ2n) is 3.56. The van der Waals surface area contributed by atoms with Crippen LogP contribution in [-0.2, 0) is 4.79 Å². The van der Waals surface area contributed by atoms with E-state index >= 15 is 0 Å². The Balaban J connectivity index is 2.69. The molecule has 0 amide bonds. The molecule has 1 rings (SSSR count). The van der Waals surface area contributed by atoms with E-state index in [1.807, 2.05) is 18.2 Å². The molecule has 0 radical (unpaired) electrons. The molecule has 0 heterocycles. The van der Waals surface area contributed by atoms with Crippen molar-refractivity contribution in [2.45, 2.75) is 26.2 Å². The van der Waals surface area contributed by atoms with Crippen molar-refractivity contribution in [2.24, 2.45) is 0 Å².